The summed E-state index contributed by atoms with van der Waals surface area (Å²) in [7, 11) is 0. The first kappa shape index (κ1) is 21.8. The fourth-order valence-corrected chi connectivity index (χ4v) is 4.68. The van der Waals surface area contributed by atoms with E-state index in [4.69, 9.17) is 4.74 Å². The Bertz CT molecular complexity index is 766. The molecular formula is C21H29N3O4S. The Kier molecular flexibility index (Phi) is 7.69. The number of ether oxygens (including phenoxy) is 1. The number of likely N-dealkylation sites (N-methyl/N-ethyl adjacent to an activating group) is 1. The van der Waals surface area contributed by atoms with Crippen molar-refractivity contribution >= 4 is 29.5 Å². The second kappa shape index (κ2) is 10.2. The van der Waals surface area contributed by atoms with Crippen LogP contribution in [-0.4, -0.2) is 72.2 Å². The minimum absolute atomic E-state index is 0.132. The van der Waals surface area contributed by atoms with Gasteiger partial charge in [0.2, 0.25) is 11.8 Å². The maximum absolute atomic E-state index is 12.8. The average molecular weight is 420 g/mol. The van der Waals surface area contributed by atoms with Crippen molar-refractivity contribution < 1.29 is 19.1 Å². The molecule has 2 heterocycles. The third-order valence-electron chi connectivity index (χ3n) is 5.47. The minimum atomic E-state index is -0.575. The molecule has 0 saturated carbocycles. The maximum Gasteiger partial charge on any atom is 0.255 e. The minimum Gasteiger partial charge on any atom is -0.379 e. The predicted octanol–water partition coefficient (Wildman–Crippen LogP) is 1.90. The molecular weight excluding hydrogens is 390 g/mol. The van der Waals surface area contributed by atoms with Crippen LogP contribution in [-0.2, 0) is 20.9 Å². The summed E-state index contributed by atoms with van der Waals surface area (Å²) in [6, 6.07) is 5.14. The molecule has 0 aromatic heterocycles. The van der Waals surface area contributed by atoms with Crippen molar-refractivity contribution in [3.8, 4) is 0 Å². The second-order valence-corrected chi connectivity index (χ2v) is 8.31. The van der Waals surface area contributed by atoms with Crippen molar-refractivity contribution in [2.24, 2.45) is 0 Å². The topological polar surface area (TPSA) is 79.0 Å². The lowest BCUT2D eigenvalue weighted by atomic mass is 10.0. The van der Waals surface area contributed by atoms with Crippen LogP contribution in [0.2, 0.25) is 0 Å². The number of thioether (sulfide) groups is 1. The highest BCUT2D eigenvalue weighted by molar-refractivity contribution is 7.99. The second-order valence-electron chi connectivity index (χ2n) is 7.17. The molecule has 1 aromatic rings. The zero-order valence-corrected chi connectivity index (χ0v) is 17.9. The van der Waals surface area contributed by atoms with Gasteiger partial charge in [-0.3, -0.25) is 19.7 Å². The quantitative estimate of drug-likeness (QED) is 0.355. The molecule has 0 spiro atoms. The van der Waals surface area contributed by atoms with E-state index in [-0.39, 0.29) is 24.1 Å². The molecule has 1 fully saturated rings. The number of carbonyl (C=O) groups is 3. The van der Waals surface area contributed by atoms with Crippen LogP contribution in [0, 0.1) is 0 Å². The SMILES string of the molecule is CCN(CC)CCOCCSc1cccc2c1CN(C1CCC(=O)NC1=O)C2=O. The van der Waals surface area contributed by atoms with E-state index in [9.17, 15) is 14.4 Å². The van der Waals surface area contributed by atoms with Gasteiger partial charge in [0.1, 0.15) is 6.04 Å². The normalized spacial score (nSPS) is 19.1. The highest BCUT2D eigenvalue weighted by atomic mass is 32.2. The molecule has 29 heavy (non-hydrogen) atoms. The summed E-state index contributed by atoms with van der Waals surface area (Å²) in [6.07, 6.45) is 0.649. The Hall–Kier alpha value is -1.90. The molecule has 1 saturated heterocycles. The van der Waals surface area contributed by atoms with Crippen molar-refractivity contribution in [2.45, 2.75) is 44.2 Å². The summed E-state index contributed by atoms with van der Waals surface area (Å²) in [6.45, 7) is 9.08. The van der Waals surface area contributed by atoms with Crippen LogP contribution in [0.25, 0.3) is 0 Å². The number of rotatable bonds is 10. The molecule has 7 nitrogen and oxygen atoms in total. The van der Waals surface area contributed by atoms with Crippen molar-refractivity contribution in [1.29, 1.82) is 0 Å². The number of piperidine rings is 1. The fourth-order valence-electron chi connectivity index (χ4n) is 3.74. The molecule has 0 aliphatic carbocycles. The van der Waals surface area contributed by atoms with Crippen LogP contribution in [0.1, 0.15) is 42.6 Å². The highest BCUT2D eigenvalue weighted by Crippen LogP contribution is 2.34. The van der Waals surface area contributed by atoms with Crippen LogP contribution < -0.4 is 5.32 Å². The zero-order chi connectivity index (χ0) is 20.8. The molecule has 3 rings (SSSR count). The Labute approximate surface area is 176 Å². The molecule has 1 aromatic carbocycles. The number of fused-ring (bicyclic) bond motifs is 1. The monoisotopic (exact) mass is 419 g/mol. The van der Waals surface area contributed by atoms with Crippen LogP contribution in [0.5, 0.6) is 0 Å². The summed E-state index contributed by atoms with van der Waals surface area (Å²) in [5.41, 5.74) is 1.62. The molecule has 1 N–H and O–H groups in total. The first-order valence-corrected chi connectivity index (χ1v) is 11.2. The summed E-state index contributed by atoms with van der Waals surface area (Å²) < 4.78 is 5.75. The van der Waals surface area contributed by atoms with E-state index in [0.717, 1.165) is 42.5 Å². The van der Waals surface area contributed by atoms with Gasteiger partial charge in [0.05, 0.1) is 13.2 Å². The third kappa shape index (κ3) is 5.18. The predicted molar refractivity (Wildman–Crippen MR) is 112 cm³/mol. The number of carbonyl (C=O) groups excluding carboxylic acids is 3. The van der Waals surface area contributed by atoms with E-state index < -0.39 is 6.04 Å². The number of amides is 3. The van der Waals surface area contributed by atoms with Crippen LogP contribution in [0.4, 0.5) is 0 Å². The van der Waals surface area contributed by atoms with Crippen LogP contribution in [0.3, 0.4) is 0 Å². The van der Waals surface area contributed by atoms with Gasteiger partial charge >= 0.3 is 0 Å². The van der Waals surface area contributed by atoms with E-state index in [1.165, 1.54) is 0 Å². The lowest BCUT2D eigenvalue weighted by Crippen LogP contribution is -2.52. The summed E-state index contributed by atoms with van der Waals surface area (Å²) in [5, 5.41) is 2.34. The smallest absolute Gasteiger partial charge is 0.255 e. The molecule has 0 bridgehead atoms. The Morgan fingerprint density at radius 3 is 2.72 bits per heavy atom. The molecule has 2 aliphatic rings. The van der Waals surface area contributed by atoms with Crippen LogP contribution >= 0.6 is 11.8 Å². The van der Waals surface area contributed by atoms with Gasteiger partial charge in [-0.25, -0.2) is 0 Å². The van der Waals surface area contributed by atoms with Gasteiger partial charge in [-0.05, 0) is 37.2 Å². The lowest BCUT2D eigenvalue weighted by Gasteiger charge is -2.29. The summed E-state index contributed by atoms with van der Waals surface area (Å²) >= 11 is 1.68. The highest BCUT2D eigenvalue weighted by Gasteiger charge is 2.39. The van der Waals surface area contributed by atoms with E-state index >= 15 is 0 Å². The molecule has 3 amide bonds. The zero-order valence-electron chi connectivity index (χ0n) is 17.1. The average Bonchev–Trinajstić information content (AvgIpc) is 3.05. The lowest BCUT2D eigenvalue weighted by molar-refractivity contribution is -0.136. The van der Waals surface area contributed by atoms with E-state index in [0.29, 0.717) is 25.1 Å². The van der Waals surface area contributed by atoms with E-state index in [1.54, 1.807) is 16.7 Å². The first-order chi connectivity index (χ1) is 14.0. The Balaban J connectivity index is 1.54. The number of nitrogens with zero attached hydrogens (tertiary/aromatic N) is 2. The van der Waals surface area contributed by atoms with Gasteiger partial charge in [-0.2, -0.15) is 0 Å². The first-order valence-electron chi connectivity index (χ1n) is 10.2. The van der Waals surface area contributed by atoms with E-state index in [2.05, 4.69) is 24.1 Å². The van der Waals surface area contributed by atoms with Crippen molar-refractivity contribution in [2.75, 3.05) is 38.6 Å². The number of nitrogens with one attached hydrogen (secondary N) is 1. The van der Waals surface area contributed by atoms with Gasteiger partial charge in [0.25, 0.3) is 5.91 Å². The Morgan fingerprint density at radius 2 is 2.00 bits per heavy atom. The van der Waals surface area contributed by atoms with Gasteiger partial charge in [0, 0.05) is 35.7 Å². The van der Waals surface area contributed by atoms with E-state index in [1.807, 2.05) is 18.2 Å². The van der Waals surface area contributed by atoms with Gasteiger partial charge < -0.3 is 14.5 Å². The standard InChI is InChI=1S/C21H29N3O4S/c1-3-23(4-2)10-11-28-12-13-29-18-7-5-6-15-16(18)14-24(21(15)27)17-8-9-19(25)22-20(17)26/h5-7,17H,3-4,8-14H2,1-2H3,(H,22,25,26). The fraction of sp³-hybridized carbons (Fsp3) is 0.571. The third-order valence-corrected chi connectivity index (χ3v) is 6.53. The summed E-state index contributed by atoms with van der Waals surface area (Å²) in [4.78, 5) is 41.4. The van der Waals surface area contributed by atoms with Crippen LogP contribution in [0.15, 0.2) is 23.1 Å². The van der Waals surface area contributed by atoms with Crippen molar-refractivity contribution in [1.82, 2.24) is 15.1 Å². The molecule has 1 atom stereocenters. The maximum atomic E-state index is 12.8. The molecule has 0 radical (unpaired) electrons. The number of benzene rings is 1. The number of imide groups is 1. The number of hydrogen-bond donors (Lipinski definition) is 1. The van der Waals surface area contributed by atoms with Gasteiger partial charge in [0.15, 0.2) is 0 Å². The van der Waals surface area contributed by atoms with Crippen molar-refractivity contribution in [3.63, 3.8) is 0 Å². The summed E-state index contributed by atoms with van der Waals surface area (Å²) in [5.74, 6) is 0.0275. The molecule has 2 aliphatic heterocycles. The largest absolute Gasteiger partial charge is 0.379 e. The Morgan fingerprint density at radius 1 is 1.21 bits per heavy atom. The number of hydrogen-bond acceptors (Lipinski definition) is 6. The van der Waals surface area contributed by atoms with Gasteiger partial charge in [-0.15, -0.1) is 11.8 Å². The molecule has 158 valence electrons. The van der Waals surface area contributed by atoms with Gasteiger partial charge in [-0.1, -0.05) is 19.9 Å². The molecule has 8 heteroatoms. The van der Waals surface area contributed by atoms with Crippen molar-refractivity contribution in [3.05, 3.63) is 29.3 Å². The molecule has 1 unspecified atom stereocenters.